The van der Waals surface area contributed by atoms with Crippen LogP contribution in [0.2, 0.25) is 0 Å². The quantitative estimate of drug-likeness (QED) is 0.677. The topological polar surface area (TPSA) is 126 Å². The molecule has 2 aliphatic heterocycles. The van der Waals surface area contributed by atoms with E-state index in [2.05, 4.69) is 10.3 Å². The average molecular weight is 467 g/mol. The van der Waals surface area contributed by atoms with Crippen LogP contribution in [0.1, 0.15) is 18.4 Å². The number of amides is 1. The van der Waals surface area contributed by atoms with E-state index in [9.17, 15) is 26.4 Å². The minimum absolute atomic E-state index is 0.0347. The van der Waals surface area contributed by atoms with Gasteiger partial charge in [0.1, 0.15) is 0 Å². The Morgan fingerprint density at radius 2 is 2.03 bits per heavy atom. The van der Waals surface area contributed by atoms with E-state index < -0.39 is 22.2 Å². The molecule has 2 fully saturated rings. The third-order valence-corrected chi connectivity index (χ3v) is 6.34. The number of carboxylic acid groups (broad SMARTS) is 1. The molecule has 9 nitrogen and oxygen atoms in total. The number of aliphatic carboxylic acids is 1. The third kappa shape index (κ3) is 7.43. The average Bonchev–Trinajstić information content (AvgIpc) is 2.71. The molecule has 3 heterocycles. The van der Waals surface area contributed by atoms with Crippen LogP contribution >= 0.6 is 0 Å². The highest BCUT2D eigenvalue weighted by Crippen LogP contribution is 2.34. The van der Waals surface area contributed by atoms with Crippen molar-refractivity contribution < 1.29 is 41.0 Å². The molecule has 3 atom stereocenters. The highest BCUT2D eigenvalue weighted by atomic mass is 32.2. The van der Waals surface area contributed by atoms with Crippen molar-refractivity contribution in [1.29, 1.82) is 0 Å². The number of ether oxygens (including phenoxy) is 1. The SMILES string of the molecule is CS(=O)(=O)N1CC[C@H]2OCC[C@@H](C(=O)NCc3cccnc3)[C@H]2C1.O=C(O)C(F)(F)F. The number of hydrogen-bond donors (Lipinski definition) is 2. The van der Waals surface area contributed by atoms with Gasteiger partial charge >= 0.3 is 12.1 Å². The molecule has 0 bridgehead atoms. The number of rotatable bonds is 4. The van der Waals surface area contributed by atoms with E-state index in [0.29, 0.717) is 39.1 Å². The number of piperidine rings is 1. The van der Waals surface area contributed by atoms with Gasteiger partial charge in [0.25, 0.3) is 0 Å². The summed E-state index contributed by atoms with van der Waals surface area (Å²) < 4.78 is 62.6. The molecular weight excluding hydrogens is 443 g/mol. The van der Waals surface area contributed by atoms with Gasteiger partial charge in [-0.1, -0.05) is 6.07 Å². The van der Waals surface area contributed by atoms with Gasteiger partial charge in [-0.05, 0) is 24.5 Å². The monoisotopic (exact) mass is 467 g/mol. The standard InChI is InChI=1S/C16H23N3O4S.C2HF3O2/c1-24(21,22)19-7-4-15-14(11-19)13(5-8-23-15)16(20)18-10-12-3-2-6-17-9-12;3-2(4,5)1(6)7/h2-3,6,9,13-15H,4-5,7-8,10-11H2,1H3,(H,18,20);(H,6,7)/t13-,14-,15-;/m1./s1. The van der Waals surface area contributed by atoms with E-state index in [1.54, 1.807) is 12.4 Å². The molecule has 13 heteroatoms. The molecule has 1 aromatic heterocycles. The van der Waals surface area contributed by atoms with Crippen molar-refractivity contribution in [3.8, 4) is 0 Å². The summed E-state index contributed by atoms with van der Waals surface area (Å²) >= 11 is 0. The summed E-state index contributed by atoms with van der Waals surface area (Å²) in [4.78, 5) is 25.6. The van der Waals surface area contributed by atoms with Crippen LogP contribution in [0.25, 0.3) is 0 Å². The second-order valence-electron chi connectivity index (χ2n) is 7.26. The van der Waals surface area contributed by atoms with E-state index in [0.717, 1.165) is 5.56 Å². The molecule has 0 aromatic carbocycles. The van der Waals surface area contributed by atoms with E-state index >= 15 is 0 Å². The molecule has 0 spiro atoms. The molecule has 1 aromatic rings. The van der Waals surface area contributed by atoms with Gasteiger partial charge in [-0.3, -0.25) is 9.78 Å². The van der Waals surface area contributed by atoms with Crippen molar-refractivity contribution in [3.05, 3.63) is 30.1 Å². The molecule has 0 saturated carbocycles. The summed E-state index contributed by atoms with van der Waals surface area (Å²) in [6.45, 7) is 1.79. The summed E-state index contributed by atoms with van der Waals surface area (Å²) in [6.07, 6.45) is 0.775. The number of carboxylic acids is 1. The van der Waals surface area contributed by atoms with Crippen LogP contribution in [0.4, 0.5) is 13.2 Å². The maximum absolute atomic E-state index is 12.6. The molecule has 0 radical (unpaired) electrons. The van der Waals surface area contributed by atoms with Gasteiger partial charge in [0.2, 0.25) is 15.9 Å². The van der Waals surface area contributed by atoms with E-state index in [1.165, 1.54) is 10.6 Å². The van der Waals surface area contributed by atoms with Crippen LogP contribution in [0.15, 0.2) is 24.5 Å². The van der Waals surface area contributed by atoms with Gasteiger partial charge in [-0.15, -0.1) is 0 Å². The molecule has 2 saturated heterocycles. The molecule has 174 valence electrons. The van der Waals surface area contributed by atoms with Crippen molar-refractivity contribution in [2.45, 2.75) is 31.7 Å². The maximum atomic E-state index is 12.6. The lowest BCUT2D eigenvalue weighted by atomic mass is 9.79. The van der Waals surface area contributed by atoms with Crippen molar-refractivity contribution in [3.63, 3.8) is 0 Å². The van der Waals surface area contributed by atoms with E-state index in [1.807, 2.05) is 12.1 Å². The Morgan fingerprint density at radius 1 is 1.35 bits per heavy atom. The van der Waals surface area contributed by atoms with Crippen molar-refractivity contribution >= 4 is 21.9 Å². The number of fused-ring (bicyclic) bond motifs is 1. The lowest BCUT2D eigenvalue weighted by Gasteiger charge is -2.43. The molecule has 0 aliphatic carbocycles. The van der Waals surface area contributed by atoms with Crippen LogP contribution in [0.3, 0.4) is 0 Å². The summed E-state index contributed by atoms with van der Waals surface area (Å²) in [5.74, 6) is -3.10. The van der Waals surface area contributed by atoms with Crippen molar-refractivity contribution in [2.75, 3.05) is 26.0 Å². The first-order chi connectivity index (χ1) is 14.4. The highest BCUT2D eigenvalue weighted by molar-refractivity contribution is 7.88. The van der Waals surface area contributed by atoms with Crippen LogP contribution in [-0.4, -0.2) is 72.9 Å². The minimum atomic E-state index is -5.08. The maximum Gasteiger partial charge on any atom is 0.490 e. The Morgan fingerprint density at radius 3 is 2.58 bits per heavy atom. The molecule has 2 aliphatic rings. The van der Waals surface area contributed by atoms with Gasteiger partial charge in [0, 0.05) is 50.5 Å². The van der Waals surface area contributed by atoms with Crippen molar-refractivity contribution in [1.82, 2.24) is 14.6 Å². The predicted molar refractivity (Wildman–Crippen MR) is 102 cm³/mol. The number of alkyl halides is 3. The number of carbonyl (C=O) groups excluding carboxylic acids is 1. The smallest absolute Gasteiger partial charge is 0.475 e. The molecule has 2 N–H and O–H groups in total. The van der Waals surface area contributed by atoms with Crippen LogP contribution in [0.5, 0.6) is 0 Å². The Labute approximate surface area is 177 Å². The molecule has 3 rings (SSSR count). The van der Waals surface area contributed by atoms with Gasteiger partial charge in [0.05, 0.1) is 12.4 Å². The fourth-order valence-electron chi connectivity index (χ4n) is 3.53. The zero-order valence-corrected chi connectivity index (χ0v) is 17.5. The highest BCUT2D eigenvalue weighted by Gasteiger charge is 2.43. The lowest BCUT2D eigenvalue weighted by molar-refractivity contribution is -0.192. The summed E-state index contributed by atoms with van der Waals surface area (Å²) in [5.41, 5.74) is 0.941. The summed E-state index contributed by atoms with van der Waals surface area (Å²) in [7, 11) is -3.24. The molecule has 1 amide bonds. The number of nitrogens with one attached hydrogen (secondary N) is 1. The molecule has 31 heavy (non-hydrogen) atoms. The number of sulfonamides is 1. The number of halogens is 3. The fraction of sp³-hybridized carbons (Fsp3) is 0.611. The third-order valence-electron chi connectivity index (χ3n) is 5.07. The molecule has 0 unspecified atom stereocenters. The Balaban J connectivity index is 0.000000423. The Kier molecular flexibility index (Phi) is 8.37. The number of hydrogen-bond acceptors (Lipinski definition) is 6. The van der Waals surface area contributed by atoms with Gasteiger partial charge in [-0.25, -0.2) is 17.5 Å². The van der Waals surface area contributed by atoms with Gasteiger partial charge < -0.3 is 15.2 Å². The van der Waals surface area contributed by atoms with Gasteiger partial charge in [-0.2, -0.15) is 13.2 Å². The van der Waals surface area contributed by atoms with Crippen LogP contribution < -0.4 is 5.32 Å². The van der Waals surface area contributed by atoms with E-state index in [-0.39, 0.29) is 23.8 Å². The zero-order chi connectivity index (χ0) is 23.2. The minimum Gasteiger partial charge on any atom is -0.475 e. The first-order valence-corrected chi connectivity index (χ1v) is 11.3. The second kappa shape index (κ2) is 10.4. The molecular formula is C18H24F3N3O6S. The first kappa shape index (κ1) is 25.0. The Bertz CT molecular complexity index is 866. The summed E-state index contributed by atoms with van der Waals surface area (Å²) in [5, 5.41) is 10.1. The van der Waals surface area contributed by atoms with Crippen LogP contribution in [-0.2, 0) is 30.9 Å². The number of aromatic nitrogens is 1. The Hall–Kier alpha value is -2.25. The number of pyridine rings is 1. The lowest BCUT2D eigenvalue weighted by Crippen LogP contribution is -2.54. The first-order valence-electron chi connectivity index (χ1n) is 9.43. The van der Waals surface area contributed by atoms with Crippen molar-refractivity contribution in [2.24, 2.45) is 11.8 Å². The van der Waals surface area contributed by atoms with E-state index in [4.69, 9.17) is 14.6 Å². The fourth-order valence-corrected chi connectivity index (χ4v) is 4.41. The van der Waals surface area contributed by atoms with Gasteiger partial charge in [0.15, 0.2) is 0 Å². The number of nitrogens with zero attached hydrogens (tertiary/aromatic N) is 2. The predicted octanol–water partition coefficient (Wildman–Crippen LogP) is 1.02. The normalized spacial score (nSPS) is 24.3. The zero-order valence-electron chi connectivity index (χ0n) is 16.7. The summed E-state index contributed by atoms with van der Waals surface area (Å²) in [6, 6.07) is 3.74. The van der Waals surface area contributed by atoms with Crippen LogP contribution in [0, 0.1) is 11.8 Å². The largest absolute Gasteiger partial charge is 0.490 e. The second-order valence-corrected chi connectivity index (χ2v) is 9.24. The number of carbonyl (C=O) groups is 2.